The van der Waals surface area contributed by atoms with Gasteiger partial charge in [-0.2, -0.15) is 0 Å². The number of phenols is 3. The zero-order valence-corrected chi connectivity index (χ0v) is 7.34. The average molecular weight is 162 g/mol. The van der Waals surface area contributed by atoms with Crippen LogP contribution in [-0.4, -0.2) is 38.9 Å². The number of aromatic hydroxyl groups is 3. The topological polar surface area (TPSA) is 60.7 Å². The van der Waals surface area contributed by atoms with E-state index < -0.39 is 0 Å². The molecule has 0 unspecified atom stereocenters. The summed E-state index contributed by atoms with van der Waals surface area (Å²) in [5.74, 6) is -0.346. The highest BCUT2D eigenvalue weighted by Crippen LogP contribution is 2.20. The first-order chi connectivity index (χ1) is 5.46. The van der Waals surface area contributed by atoms with Gasteiger partial charge in [0, 0.05) is 0 Å². The van der Waals surface area contributed by atoms with E-state index >= 15 is 0 Å². The molecule has 0 amide bonds. The lowest BCUT2D eigenvalue weighted by Gasteiger charge is -2.11. The molecule has 0 aliphatic heterocycles. The van der Waals surface area contributed by atoms with Crippen LogP contribution in [-0.2, 0) is 0 Å². The molecule has 0 radical (unpaired) electrons. The molecule has 0 aliphatic rings. The second-order valence-electron chi connectivity index (χ2n) is 2.92. The summed E-state index contributed by atoms with van der Waals surface area (Å²) in [5, 5.41) is 28.0. The normalized spacial score (nSPS) is 10.0. The molecule has 1 aromatic rings. The van der Waals surface area contributed by atoms with Gasteiger partial charge in [-0.25, -0.2) is 0 Å². The Labute approximate surface area is 73.3 Å². The van der Waals surface area contributed by atoms with E-state index in [0.29, 0.717) is 16.4 Å². The smallest absolute Gasteiger partial charge is 0.153 e. The van der Waals surface area contributed by atoms with Gasteiger partial charge in [0.25, 0.3) is 0 Å². The van der Waals surface area contributed by atoms with Crippen LogP contribution in [0.5, 0.6) is 17.2 Å². The second kappa shape index (κ2) is 2.70. The Morgan fingerprint density at radius 1 is 0.583 bits per heavy atom. The van der Waals surface area contributed by atoms with E-state index in [1.54, 1.807) is 23.5 Å². The molecule has 60 valence electrons. The predicted molar refractivity (Wildman–Crippen MR) is 56.0 cm³/mol. The summed E-state index contributed by atoms with van der Waals surface area (Å²) < 4.78 is 0. The summed E-state index contributed by atoms with van der Waals surface area (Å²) >= 11 is 0. The number of rotatable bonds is 0. The minimum absolute atomic E-state index is 0.0443. The molecule has 12 heavy (non-hydrogen) atoms. The van der Waals surface area contributed by atoms with Crippen molar-refractivity contribution in [3.63, 3.8) is 0 Å². The maximum Gasteiger partial charge on any atom is 0.153 e. The monoisotopic (exact) mass is 162 g/mol. The fourth-order valence-corrected chi connectivity index (χ4v) is 1.10. The van der Waals surface area contributed by atoms with Crippen molar-refractivity contribution in [3.05, 3.63) is 0 Å². The van der Waals surface area contributed by atoms with Gasteiger partial charge >= 0.3 is 0 Å². The van der Waals surface area contributed by atoms with Gasteiger partial charge in [-0.1, -0.05) is 5.46 Å². The predicted octanol–water partition coefficient (Wildman–Crippen LogP) is -4.42. The van der Waals surface area contributed by atoms with Crippen LogP contribution in [0.4, 0.5) is 0 Å². The second-order valence-corrected chi connectivity index (χ2v) is 2.92. The molecule has 0 bridgehead atoms. The fourth-order valence-electron chi connectivity index (χ4n) is 1.10. The molecule has 0 atom stereocenters. The van der Waals surface area contributed by atoms with Crippen LogP contribution in [0.25, 0.3) is 0 Å². The van der Waals surface area contributed by atoms with Crippen LogP contribution in [0.3, 0.4) is 0 Å². The van der Waals surface area contributed by atoms with Gasteiger partial charge in [0.05, 0.1) is 0 Å². The Morgan fingerprint density at radius 2 is 0.917 bits per heavy atom. The molecule has 1 rings (SSSR count). The van der Waals surface area contributed by atoms with Crippen molar-refractivity contribution in [2.45, 2.75) is 0 Å². The average Bonchev–Trinajstić information content (AvgIpc) is 2.08. The lowest BCUT2D eigenvalue weighted by Crippen LogP contribution is -2.30. The molecule has 0 aromatic heterocycles. The summed E-state index contributed by atoms with van der Waals surface area (Å²) in [4.78, 5) is 0. The summed E-state index contributed by atoms with van der Waals surface area (Å²) in [6.45, 7) is 0. The van der Waals surface area contributed by atoms with E-state index in [1.165, 1.54) is 0 Å². The molecule has 0 aliphatic carbocycles. The zero-order chi connectivity index (χ0) is 9.46. The number of hydrogen-bond donors (Lipinski definition) is 3. The van der Waals surface area contributed by atoms with E-state index in [9.17, 15) is 15.3 Å². The molecule has 0 heterocycles. The molecule has 3 N–H and O–H groups in total. The van der Waals surface area contributed by atoms with Gasteiger partial charge in [-0.3, -0.25) is 0 Å². The van der Waals surface area contributed by atoms with E-state index in [2.05, 4.69) is 0 Å². The quantitative estimate of drug-likeness (QED) is 0.205. The molecule has 1 aromatic carbocycles. The van der Waals surface area contributed by atoms with Gasteiger partial charge in [-0.15, -0.1) is 0 Å². The first kappa shape index (κ1) is 8.91. The van der Waals surface area contributed by atoms with Crippen LogP contribution in [0.1, 0.15) is 0 Å². The first-order valence-electron chi connectivity index (χ1n) is 3.67. The number of phenolic OH excluding ortho intramolecular Hbond substituents is 3. The molecule has 0 saturated carbocycles. The number of hydrogen-bond acceptors (Lipinski definition) is 3. The Bertz CT molecular complexity index is 232. The van der Waals surface area contributed by atoms with Gasteiger partial charge in [-0.05, 0) is 10.9 Å². The van der Waals surface area contributed by atoms with E-state index in [4.69, 9.17) is 0 Å². The van der Waals surface area contributed by atoms with E-state index in [0.717, 1.165) is 0 Å². The molecular formula is C6H9B3O3. The lowest BCUT2D eigenvalue weighted by atomic mass is 9.75. The maximum atomic E-state index is 9.42. The third-order valence-electron chi connectivity index (χ3n) is 2.21. The van der Waals surface area contributed by atoms with Gasteiger partial charge in [0.2, 0.25) is 0 Å². The van der Waals surface area contributed by atoms with Crippen molar-refractivity contribution in [3.8, 4) is 17.2 Å². The van der Waals surface area contributed by atoms with Crippen molar-refractivity contribution in [2.75, 3.05) is 0 Å². The third-order valence-corrected chi connectivity index (χ3v) is 2.21. The Kier molecular flexibility index (Phi) is 2.00. The highest BCUT2D eigenvalue weighted by Gasteiger charge is 2.13. The molecule has 0 spiro atoms. The summed E-state index contributed by atoms with van der Waals surface area (Å²) in [5.41, 5.74) is 1.43. The largest absolute Gasteiger partial charge is 0.509 e. The third kappa shape index (κ3) is 1.03. The van der Waals surface area contributed by atoms with Crippen LogP contribution in [0.2, 0.25) is 0 Å². The van der Waals surface area contributed by atoms with Gasteiger partial charge in [0.15, 0.2) is 5.75 Å². The van der Waals surface area contributed by atoms with Gasteiger partial charge < -0.3 is 15.3 Å². The van der Waals surface area contributed by atoms with Crippen molar-refractivity contribution >= 4 is 39.9 Å². The van der Waals surface area contributed by atoms with Crippen LogP contribution in [0.15, 0.2) is 0 Å². The minimum atomic E-state index is -0.240. The molecule has 0 saturated heterocycles. The molecule has 0 fully saturated rings. The lowest BCUT2D eigenvalue weighted by molar-refractivity contribution is 0.405. The highest BCUT2D eigenvalue weighted by atomic mass is 16.3. The Balaban J connectivity index is 3.60. The van der Waals surface area contributed by atoms with Crippen molar-refractivity contribution < 1.29 is 15.3 Å². The van der Waals surface area contributed by atoms with Crippen molar-refractivity contribution in [1.29, 1.82) is 0 Å². The first-order valence-corrected chi connectivity index (χ1v) is 3.67. The zero-order valence-electron chi connectivity index (χ0n) is 7.34. The van der Waals surface area contributed by atoms with Gasteiger partial charge in [0.1, 0.15) is 35.0 Å². The Hall–Kier alpha value is -1.19. The van der Waals surface area contributed by atoms with Crippen molar-refractivity contribution in [1.82, 2.24) is 0 Å². The van der Waals surface area contributed by atoms with Crippen LogP contribution >= 0.6 is 0 Å². The fraction of sp³-hybridized carbons (Fsp3) is 0. The summed E-state index contributed by atoms with van der Waals surface area (Å²) in [6, 6.07) is 0. The summed E-state index contributed by atoms with van der Waals surface area (Å²) in [7, 11) is 4.89. The minimum Gasteiger partial charge on any atom is -0.509 e. The maximum absolute atomic E-state index is 9.42. The molecule has 3 nitrogen and oxygen atoms in total. The number of benzene rings is 1. The van der Waals surface area contributed by atoms with Crippen LogP contribution < -0.4 is 16.4 Å². The molecular weight excluding hydrogens is 152 g/mol. The SMILES string of the molecule is Bc1c(B)c(O)c(O)c(B)c1O. The van der Waals surface area contributed by atoms with E-state index in [1.807, 2.05) is 0 Å². The standard InChI is InChI=1S/C6H9B3O3/c7-1-2(8)5(11)6(12)3(9)4(1)10/h10-12H,7-9H2. The molecule has 6 heteroatoms. The van der Waals surface area contributed by atoms with E-state index in [-0.39, 0.29) is 17.2 Å². The summed E-state index contributed by atoms with van der Waals surface area (Å²) in [6.07, 6.45) is 0. The Morgan fingerprint density at radius 3 is 1.42 bits per heavy atom. The van der Waals surface area contributed by atoms with Crippen molar-refractivity contribution in [2.24, 2.45) is 0 Å². The highest BCUT2D eigenvalue weighted by molar-refractivity contribution is 6.54. The van der Waals surface area contributed by atoms with Crippen LogP contribution in [0, 0.1) is 0 Å².